The first-order chi connectivity index (χ1) is 20.6. The van der Waals surface area contributed by atoms with E-state index in [9.17, 15) is 4.79 Å². The molecule has 0 bridgehead atoms. The summed E-state index contributed by atoms with van der Waals surface area (Å²) in [6.07, 6.45) is 41.3. The summed E-state index contributed by atoms with van der Waals surface area (Å²) in [5.74, 6) is -0.300. The molecule has 0 aliphatic heterocycles. The van der Waals surface area contributed by atoms with Crippen molar-refractivity contribution < 1.29 is 9.53 Å². The maximum absolute atomic E-state index is 11.7. The molecule has 42 heavy (non-hydrogen) atoms. The summed E-state index contributed by atoms with van der Waals surface area (Å²) in [5.41, 5.74) is 1.81. The van der Waals surface area contributed by atoms with E-state index in [0.717, 1.165) is 12.8 Å². The fraction of sp³-hybridized carbons (Fsp3) is 0.897. The average Bonchev–Trinajstić information content (AvgIpc) is 2.98. The van der Waals surface area contributed by atoms with Crippen LogP contribution in [0.4, 0.5) is 0 Å². The van der Waals surface area contributed by atoms with Crippen LogP contribution in [0.25, 0.3) is 0 Å². The lowest BCUT2D eigenvalue weighted by molar-refractivity contribution is -0.138. The molecule has 0 rings (SSSR count). The Morgan fingerprint density at radius 2 is 0.786 bits per heavy atom. The number of ether oxygens (including phenoxy) is 1. The van der Waals surface area contributed by atoms with E-state index in [-0.39, 0.29) is 5.97 Å². The number of esters is 1. The van der Waals surface area contributed by atoms with Gasteiger partial charge in [-0.2, -0.15) is 0 Å². The van der Waals surface area contributed by atoms with Crippen LogP contribution in [-0.2, 0) is 9.53 Å². The van der Waals surface area contributed by atoms with Gasteiger partial charge in [-0.15, -0.1) is 0 Å². The van der Waals surface area contributed by atoms with Crippen LogP contribution in [0.3, 0.4) is 0 Å². The number of carbonyl (C=O) groups excluding carboxylic acids is 1. The Morgan fingerprint density at radius 3 is 1.07 bits per heavy atom. The summed E-state index contributed by atoms with van der Waals surface area (Å²) < 4.78 is 5.26. The molecule has 0 heterocycles. The van der Waals surface area contributed by atoms with Crippen molar-refractivity contribution in [2.24, 2.45) is 4.99 Å². The highest BCUT2D eigenvalue weighted by atomic mass is 16.5. The predicted octanol–water partition coefficient (Wildman–Crippen LogP) is 13.3. The van der Waals surface area contributed by atoms with Crippen LogP contribution in [0.15, 0.2) is 17.1 Å². The van der Waals surface area contributed by atoms with Crippen molar-refractivity contribution in [2.75, 3.05) is 13.2 Å². The summed E-state index contributed by atoms with van der Waals surface area (Å²) in [4.78, 5) is 16.5. The molecule has 0 aromatic carbocycles. The van der Waals surface area contributed by atoms with Crippen molar-refractivity contribution in [2.45, 2.75) is 213 Å². The number of nitrogens with zero attached hydrogens (tertiary/aromatic N) is 1. The molecule has 0 atom stereocenters. The van der Waals surface area contributed by atoms with Crippen LogP contribution in [0, 0.1) is 0 Å². The monoisotopic (exact) mass is 590 g/mol. The van der Waals surface area contributed by atoms with Gasteiger partial charge in [0.1, 0.15) is 6.61 Å². The zero-order valence-electron chi connectivity index (χ0n) is 29.1. The van der Waals surface area contributed by atoms with Crippen molar-refractivity contribution in [3.8, 4) is 0 Å². The predicted molar refractivity (Wildman–Crippen MR) is 188 cm³/mol. The summed E-state index contributed by atoms with van der Waals surface area (Å²) in [7, 11) is 0. The standard InChI is InChI=1S/C39H75NO2/c1-5-7-9-11-13-15-17-19-21-23-25-27-29-31-33-38(40-35-36-42-39(41)37(3)4)34-32-30-28-26-24-22-20-18-16-14-12-10-8-6-2/h3,5-36H2,1-2,4H3. The Hall–Kier alpha value is -1.12. The van der Waals surface area contributed by atoms with E-state index in [1.165, 1.54) is 185 Å². The molecule has 0 aromatic heterocycles. The lowest BCUT2D eigenvalue weighted by atomic mass is 10.0. The number of unbranched alkanes of at least 4 members (excludes halogenated alkanes) is 26. The average molecular weight is 590 g/mol. The highest BCUT2D eigenvalue weighted by Gasteiger charge is 2.04. The largest absolute Gasteiger partial charge is 0.460 e. The van der Waals surface area contributed by atoms with E-state index in [0.29, 0.717) is 18.7 Å². The SMILES string of the molecule is C=C(C)C(=O)OCCN=C(CCCCCCCCCCCCCCCC)CCCCCCCCCCCCCCCC. The third kappa shape index (κ3) is 31.8. The molecule has 0 radical (unpaired) electrons. The van der Waals surface area contributed by atoms with Crippen molar-refractivity contribution in [3.05, 3.63) is 12.2 Å². The van der Waals surface area contributed by atoms with Gasteiger partial charge in [0.15, 0.2) is 0 Å². The molecule has 0 saturated heterocycles. The van der Waals surface area contributed by atoms with Crippen LogP contribution < -0.4 is 0 Å². The molecule has 0 amide bonds. The first kappa shape index (κ1) is 40.9. The minimum absolute atomic E-state index is 0.300. The van der Waals surface area contributed by atoms with Crippen LogP contribution in [0.1, 0.15) is 213 Å². The second-order valence-corrected chi connectivity index (χ2v) is 13.1. The molecule has 3 nitrogen and oxygen atoms in total. The Labute approximate surface area is 264 Å². The Morgan fingerprint density at radius 1 is 0.500 bits per heavy atom. The molecular formula is C39H75NO2. The molecule has 0 aliphatic rings. The molecule has 0 N–H and O–H groups in total. The zero-order valence-corrected chi connectivity index (χ0v) is 29.1. The second kappa shape index (κ2) is 34.4. The van der Waals surface area contributed by atoms with E-state index in [4.69, 9.17) is 9.73 Å². The third-order valence-corrected chi connectivity index (χ3v) is 8.65. The van der Waals surface area contributed by atoms with Crippen LogP contribution in [0.2, 0.25) is 0 Å². The maximum Gasteiger partial charge on any atom is 0.333 e. The van der Waals surface area contributed by atoms with Gasteiger partial charge in [-0.25, -0.2) is 4.79 Å². The Balaban J connectivity index is 3.92. The first-order valence-corrected chi connectivity index (χ1v) is 19.0. The van der Waals surface area contributed by atoms with E-state index >= 15 is 0 Å². The molecule has 0 unspecified atom stereocenters. The molecule has 248 valence electrons. The Kier molecular flexibility index (Phi) is 33.5. The lowest BCUT2D eigenvalue weighted by Crippen LogP contribution is -2.09. The van der Waals surface area contributed by atoms with Gasteiger partial charge in [0.2, 0.25) is 0 Å². The highest BCUT2D eigenvalue weighted by Crippen LogP contribution is 2.16. The van der Waals surface area contributed by atoms with Gasteiger partial charge in [-0.3, -0.25) is 4.99 Å². The number of rotatable bonds is 34. The summed E-state index contributed by atoms with van der Waals surface area (Å²) in [6.45, 7) is 10.9. The van der Waals surface area contributed by atoms with Crippen LogP contribution in [0.5, 0.6) is 0 Å². The topological polar surface area (TPSA) is 38.7 Å². The van der Waals surface area contributed by atoms with Crippen molar-refractivity contribution in [1.82, 2.24) is 0 Å². The van der Waals surface area contributed by atoms with Gasteiger partial charge in [-0.1, -0.05) is 187 Å². The van der Waals surface area contributed by atoms with Gasteiger partial charge < -0.3 is 4.74 Å². The van der Waals surface area contributed by atoms with E-state index in [1.54, 1.807) is 6.92 Å². The third-order valence-electron chi connectivity index (χ3n) is 8.65. The van der Waals surface area contributed by atoms with Crippen molar-refractivity contribution in [3.63, 3.8) is 0 Å². The zero-order chi connectivity index (χ0) is 30.8. The summed E-state index contributed by atoms with van der Waals surface area (Å²) >= 11 is 0. The van der Waals surface area contributed by atoms with Gasteiger partial charge >= 0.3 is 5.97 Å². The molecule has 0 aliphatic carbocycles. The quantitative estimate of drug-likeness (QED) is 0.0324. The number of carbonyl (C=O) groups is 1. The number of aliphatic imine (C=N–C) groups is 1. The lowest BCUT2D eigenvalue weighted by Gasteiger charge is -2.09. The molecule has 0 aromatic rings. The van der Waals surface area contributed by atoms with Gasteiger partial charge in [0.25, 0.3) is 0 Å². The van der Waals surface area contributed by atoms with Gasteiger partial charge in [0, 0.05) is 11.3 Å². The molecule has 0 fully saturated rings. The minimum Gasteiger partial charge on any atom is -0.460 e. The molecule has 3 heteroatoms. The molecular weight excluding hydrogens is 514 g/mol. The fourth-order valence-electron chi connectivity index (χ4n) is 5.80. The summed E-state index contributed by atoms with van der Waals surface area (Å²) in [5, 5.41) is 0. The minimum atomic E-state index is -0.300. The molecule has 0 saturated carbocycles. The van der Waals surface area contributed by atoms with E-state index < -0.39 is 0 Å². The van der Waals surface area contributed by atoms with Crippen LogP contribution >= 0.6 is 0 Å². The highest BCUT2D eigenvalue weighted by molar-refractivity contribution is 5.87. The first-order valence-electron chi connectivity index (χ1n) is 19.0. The molecule has 0 spiro atoms. The fourth-order valence-corrected chi connectivity index (χ4v) is 5.80. The van der Waals surface area contributed by atoms with Gasteiger partial charge in [0.05, 0.1) is 6.54 Å². The Bertz CT molecular complexity index is 578. The summed E-state index contributed by atoms with van der Waals surface area (Å²) in [6, 6.07) is 0. The number of hydrogen-bond acceptors (Lipinski definition) is 3. The van der Waals surface area contributed by atoms with Crippen molar-refractivity contribution in [1.29, 1.82) is 0 Å². The smallest absolute Gasteiger partial charge is 0.333 e. The maximum atomic E-state index is 11.7. The normalized spacial score (nSPS) is 11.1. The van der Waals surface area contributed by atoms with Crippen LogP contribution in [-0.4, -0.2) is 24.8 Å². The van der Waals surface area contributed by atoms with E-state index in [2.05, 4.69) is 20.4 Å². The van der Waals surface area contributed by atoms with E-state index in [1.807, 2.05) is 0 Å². The number of hydrogen-bond donors (Lipinski definition) is 0. The van der Waals surface area contributed by atoms with Crippen molar-refractivity contribution >= 4 is 11.7 Å². The van der Waals surface area contributed by atoms with Gasteiger partial charge in [-0.05, 0) is 32.6 Å². The second-order valence-electron chi connectivity index (χ2n) is 13.1.